The summed E-state index contributed by atoms with van der Waals surface area (Å²) in [6.45, 7) is 5.54. The van der Waals surface area contributed by atoms with E-state index >= 15 is 0 Å². The van der Waals surface area contributed by atoms with E-state index < -0.39 is 0 Å². The molecule has 1 aliphatic rings. The Balaban J connectivity index is 1.66. The van der Waals surface area contributed by atoms with Crippen LogP contribution in [-0.4, -0.2) is 24.8 Å². The summed E-state index contributed by atoms with van der Waals surface area (Å²) in [6, 6.07) is 14.2. The van der Waals surface area contributed by atoms with Crippen molar-refractivity contribution in [2.24, 2.45) is 0 Å². The summed E-state index contributed by atoms with van der Waals surface area (Å²) in [5, 5.41) is 0. The largest absolute Gasteiger partial charge is 0.494 e. The first-order chi connectivity index (χ1) is 11.7. The third-order valence-corrected chi connectivity index (χ3v) is 5.21. The van der Waals surface area contributed by atoms with Gasteiger partial charge in [-0.3, -0.25) is 4.79 Å². The van der Waals surface area contributed by atoms with Crippen LogP contribution in [0.4, 0.5) is 5.69 Å². The van der Waals surface area contributed by atoms with Crippen molar-refractivity contribution in [1.82, 2.24) is 0 Å². The molecule has 0 bridgehead atoms. The predicted molar refractivity (Wildman–Crippen MR) is 100 cm³/mol. The van der Waals surface area contributed by atoms with Gasteiger partial charge in [0, 0.05) is 17.1 Å². The molecular weight excluding hydrogens is 318 g/mol. The topological polar surface area (TPSA) is 29.5 Å². The van der Waals surface area contributed by atoms with Crippen LogP contribution in [0.15, 0.2) is 47.4 Å². The van der Waals surface area contributed by atoms with Crippen LogP contribution in [0.25, 0.3) is 0 Å². The zero-order valence-corrected chi connectivity index (χ0v) is 15.1. The second kappa shape index (κ2) is 7.75. The molecule has 2 aromatic rings. The maximum atomic E-state index is 12.7. The van der Waals surface area contributed by atoms with Gasteiger partial charge in [-0.15, -0.1) is 11.8 Å². The highest BCUT2D eigenvalue weighted by Gasteiger charge is 2.23. The first-order valence-electron chi connectivity index (χ1n) is 8.43. The molecule has 0 saturated heterocycles. The molecule has 0 radical (unpaired) electrons. The molecule has 0 atom stereocenters. The Labute approximate surface area is 148 Å². The smallest absolute Gasteiger partial charge is 0.237 e. The average Bonchev–Trinajstić information content (AvgIpc) is 2.61. The van der Waals surface area contributed by atoms with Gasteiger partial charge in [-0.1, -0.05) is 18.2 Å². The van der Waals surface area contributed by atoms with E-state index in [9.17, 15) is 4.79 Å². The van der Waals surface area contributed by atoms with E-state index in [0.29, 0.717) is 12.4 Å². The van der Waals surface area contributed by atoms with E-state index in [1.807, 2.05) is 36.1 Å². The Morgan fingerprint density at radius 1 is 1.21 bits per heavy atom. The van der Waals surface area contributed by atoms with E-state index in [0.717, 1.165) is 35.7 Å². The number of hydrogen-bond acceptors (Lipinski definition) is 3. The number of carbonyl (C=O) groups is 1. The number of nitrogens with zero attached hydrogens (tertiary/aromatic N) is 1. The number of amides is 1. The van der Waals surface area contributed by atoms with Gasteiger partial charge in [-0.25, -0.2) is 0 Å². The molecule has 24 heavy (non-hydrogen) atoms. The Bertz CT molecular complexity index is 712. The molecule has 3 nitrogen and oxygen atoms in total. The van der Waals surface area contributed by atoms with Crippen LogP contribution in [0.5, 0.6) is 5.75 Å². The van der Waals surface area contributed by atoms with Gasteiger partial charge in [0.05, 0.1) is 12.4 Å². The van der Waals surface area contributed by atoms with Gasteiger partial charge < -0.3 is 9.64 Å². The molecule has 1 aliphatic heterocycles. The molecule has 2 aromatic carbocycles. The van der Waals surface area contributed by atoms with Crippen molar-refractivity contribution in [2.45, 2.75) is 31.6 Å². The monoisotopic (exact) mass is 341 g/mol. The average molecular weight is 341 g/mol. The quantitative estimate of drug-likeness (QED) is 0.752. The molecule has 0 N–H and O–H groups in total. The fourth-order valence-electron chi connectivity index (χ4n) is 3.12. The summed E-state index contributed by atoms with van der Waals surface area (Å²) in [4.78, 5) is 15.8. The van der Waals surface area contributed by atoms with E-state index in [4.69, 9.17) is 4.74 Å². The number of ether oxygens (including phenoxy) is 1. The van der Waals surface area contributed by atoms with Crippen LogP contribution in [0.2, 0.25) is 0 Å². The molecule has 0 saturated carbocycles. The van der Waals surface area contributed by atoms with Gasteiger partial charge in [0.1, 0.15) is 5.75 Å². The lowest BCUT2D eigenvalue weighted by Crippen LogP contribution is -2.37. The summed E-state index contributed by atoms with van der Waals surface area (Å²) < 4.78 is 5.45. The lowest BCUT2D eigenvalue weighted by atomic mass is 9.98. The van der Waals surface area contributed by atoms with Crippen LogP contribution in [0, 0.1) is 6.92 Å². The molecule has 0 spiro atoms. The second-order valence-corrected chi connectivity index (χ2v) is 6.97. The Hall–Kier alpha value is -1.94. The van der Waals surface area contributed by atoms with Crippen LogP contribution < -0.4 is 9.64 Å². The summed E-state index contributed by atoms with van der Waals surface area (Å²) in [5.74, 6) is 1.51. The number of thioether (sulfide) groups is 1. The highest BCUT2D eigenvalue weighted by atomic mass is 32.2. The van der Waals surface area contributed by atoms with Crippen LogP contribution in [0.3, 0.4) is 0 Å². The number of hydrogen-bond donors (Lipinski definition) is 0. The van der Waals surface area contributed by atoms with Gasteiger partial charge in [-0.2, -0.15) is 0 Å². The van der Waals surface area contributed by atoms with Crippen LogP contribution >= 0.6 is 11.8 Å². The summed E-state index contributed by atoms with van der Waals surface area (Å²) in [7, 11) is 0. The second-order valence-electron chi connectivity index (χ2n) is 5.92. The molecule has 1 heterocycles. The molecule has 0 fully saturated rings. The van der Waals surface area contributed by atoms with Gasteiger partial charge in [-0.05, 0) is 62.1 Å². The van der Waals surface area contributed by atoms with Crippen LogP contribution in [0.1, 0.15) is 24.5 Å². The van der Waals surface area contributed by atoms with E-state index in [1.54, 1.807) is 11.8 Å². The number of para-hydroxylation sites is 1. The number of anilines is 1. The minimum absolute atomic E-state index is 0.184. The van der Waals surface area contributed by atoms with E-state index in [-0.39, 0.29) is 5.91 Å². The van der Waals surface area contributed by atoms with Crippen molar-refractivity contribution in [3.8, 4) is 5.75 Å². The third-order valence-electron chi connectivity index (χ3n) is 4.22. The molecular formula is C20H23NO2S. The molecule has 0 aromatic heterocycles. The molecule has 4 heteroatoms. The number of aryl methyl sites for hydroxylation is 2. The Morgan fingerprint density at radius 3 is 2.75 bits per heavy atom. The lowest BCUT2D eigenvalue weighted by Gasteiger charge is -2.31. The van der Waals surface area contributed by atoms with Crippen LogP contribution in [-0.2, 0) is 11.2 Å². The Kier molecular flexibility index (Phi) is 5.46. The number of fused-ring (bicyclic) bond motifs is 1. The highest BCUT2D eigenvalue weighted by molar-refractivity contribution is 8.00. The molecule has 3 rings (SSSR count). The molecule has 0 unspecified atom stereocenters. The van der Waals surface area contributed by atoms with Crippen molar-refractivity contribution >= 4 is 23.4 Å². The van der Waals surface area contributed by atoms with Crippen molar-refractivity contribution in [3.05, 3.63) is 53.6 Å². The number of benzene rings is 2. The predicted octanol–water partition coefficient (Wildman–Crippen LogP) is 4.47. The zero-order chi connectivity index (χ0) is 16.9. The van der Waals surface area contributed by atoms with E-state index in [1.165, 1.54) is 11.1 Å². The zero-order valence-electron chi connectivity index (χ0n) is 14.2. The van der Waals surface area contributed by atoms with Gasteiger partial charge >= 0.3 is 0 Å². The van der Waals surface area contributed by atoms with Crippen molar-refractivity contribution in [2.75, 3.05) is 23.8 Å². The first kappa shape index (κ1) is 16.9. The van der Waals surface area contributed by atoms with Crippen molar-refractivity contribution in [1.29, 1.82) is 0 Å². The fraction of sp³-hybridized carbons (Fsp3) is 0.350. The summed E-state index contributed by atoms with van der Waals surface area (Å²) in [5.41, 5.74) is 3.60. The maximum Gasteiger partial charge on any atom is 0.237 e. The molecule has 1 amide bonds. The maximum absolute atomic E-state index is 12.7. The summed E-state index contributed by atoms with van der Waals surface area (Å²) in [6.07, 6.45) is 2.10. The Morgan fingerprint density at radius 2 is 2.00 bits per heavy atom. The van der Waals surface area contributed by atoms with Gasteiger partial charge in [0.2, 0.25) is 5.91 Å². The van der Waals surface area contributed by atoms with Gasteiger partial charge in [0.25, 0.3) is 0 Å². The lowest BCUT2D eigenvalue weighted by molar-refractivity contribution is -0.116. The van der Waals surface area contributed by atoms with Crippen molar-refractivity contribution < 1.29 is 9.53 Å². The number of rotatable bonds is 5. The third kappa shape index (κ3) is 3.75. The normalized spacial score (nSPS) is 13.5. The minimum Gasteiger partial charge on any atom is -0.494 e. The molecule has 0 aliphatic carbocycles. The van der Waals surface area contributed by atoms with Gasteiger partial charge in [0.15, 0.2) is 0 Å². The SMILES string of the molecule is CCOc1ccc(SCC(=O)N2CCCc3cccc(C)c32)cc1. The number of carbonyl (C=O) groups excluding carboxylic acids is 1. The highest BCUT2D eigenvalue weighted by Crippen LogP contribution is 2.31. The standard InChI is InChI=1S/C20H23NO2S/c1-3-23-17-9-11-18(12-10-17)24-14-19(22)21-13-5-8-16-7-4-6-15(2)20(16)21/h4,6-7,9-12H,3,5,8,13-14H2,1-2H3. The summed E-state index contributed by atoms with van der Waals surface area (Å²) >= 11 is 1.58. The first-order valence-corrected chi connectivity index (χ1v) is 9.42. The molecule has 126 valence electrons. The minimum atomic E-state index is 0.184. The van der Waals surface area contributed by atoms with E-state index in [2.05, 4.69) is 25.1 Å². The fourth-order valence-corrected chi connectivity index (χ4v) is 3.89. The van der Waals surface area contributed by atoms with Crippen molar-refractivity contribution in [3.63, 3.8) is 0 Å².